The van der Waals surface area contributed by atoms with Crippen LogP contribution in [0, 0.1) is 23.7 Å². The third-order valence-corrected chi connectivity index (χ3v) is 11.0. The lowest BCUT2D eigenvalue weighted by Gasteiger charge is -2.25. The van der Waals surface area contributed by atoms with Gasteiger partial charge in [-0.25, -0.2) is 9.97 Å². The van der Waals surface area contributed by atoms with Crippen LogP contribution < -0.4 is 14.2 Å². The Hall–Kier alpha value is -5.41. The third-order valence-electron chi connectivity index (χ3n) is 11.0. The first kappa shape index (κ1) is 38.8. The highest BCUT2D eigenvalue weighted by Crippen LogP contribution is 2.37. The molecule has 0 bridgehead atoms. The van der Waals surface area contributed by atoms with E-state index in [-0.39, 0.29) is 23.7 Å². The molecule has 0 unspecified atom stereocenters. The maximum absolute atomic E-state index is 13.2. The number of ether oxygens (including phenoxy) is 4. The molecule has 0 radical (unpaired) electrons. The number of aromatic nitrogens is 2. The number of carbonyl (C=O) groups excluding carboxylic acids is 3. The topological polar surface area (TPSA) is 114 Å². The van der Waals surface area contributed by atoms with Gasteiger partial charge in [0.2, 0.25) is 0 Å². The summed E-state index contributed by atoms with van der Waals surface area (Å²) in [6.07, 6.45) is 9.56. The van der Waals surface area contributed by atoms with Crippen LogP contribution >= 0.6 is 0 Å². The van der Waals surface area contributed by atoms with Crippen molar-refractivity contribution >= 4 is 29.6 Å². The molecule has 7 rings (SSSR count). The van der Waals surface area contributed by atoms with Crippen molar-refractivity contribution in [2.75, 3.05) is 26.4 Å². The summed E-state index contributed by atoms with van der Waals surface area (Å²) in [5, 5.41) is 0. The number of hydrogen-bond acceptors (Lipinski definition) is 9. The number of esters is 1. The summed E-state index contributed by atoms with van der Waals surface area (Å²) in [6, 6.07) is 29.5. The zero-order valence-corrected chi connectivity index (χ0v) is 32.1. The average Bonchev–Trinajstić information content (AvgIpc) is 3.25. The molecular formula is C47H50N2O7. The van der Waals surface area contributed by atoms with Crippen LogP contribution in [-0.2, 0) is 19.1 Å². The minimum Gasteiger partial charge on any atom is -0.493 e. The van der Waals surface area contributed by atoms with E-state index < -0.39 is 0 Å². The van der Waals surface area contributed by atoms with Crippen LogP contribution in [0.4, 0.5) is 0 Å². The first-order chi connectivity index (χ1) is 27.5. The molecule has 0 spiro atoms. The molecule has 1 aromatic heterocycles. The fourth-order valence-electron chi connectivity index (χ4n) is 7.70. The Balaban J connectivity index is 1.19. The smallest absolute Gasteiger partial charge is 0.314 e. The molecule has 0 saturated heterocycles. The zero-order chi connectivity index (χ0) is 38.7. The van der Waals surface area contributed by atoms with Crippen molar-refractivity contribution in [2.45, 2.75) is 64.7 Å². The third kappa shape index (κ3) is 9.87. The van der Waals surface area contributed by atoms with E-state index in [9.17, 15) is 14.4 Å². The number of aldehydes is 2. The number of carbonyl (C=O) groups is 3. The van der Waals surface area contributed by atoms with Gasteiger partial charge >= 0.3 is 5.97 Å². The molecule has 0 N–H and O–H groups in total. The Labute approximate surface area is 328 Å². The van der Waals surface area contributed by atoms with Crippen molar-refractivity contribution in [3.8, 4) is 50.9 Å². The highest BCUT2D eigenvalue weighted by Gasteiger charge is 2.28. The van der Waals surface area contributed by atoms with Gasteiger partial charge in [0.1, 0.15) is 36.4 Å². The Kier molecular flexibility index (Phi) is 13.2. The van der Waals surface area contributed by atoms with Crippen LogP contribution in [0.15, 0.2) is 91.0 Å². The predicted molar refractivity (Wildman–Crippen MR) is 217 cm³/mol. The maximum atomic E-state index is 13.2. The van der Waals surface area contributed by atoms with Gasteiger partial charge in [-0.2, -0.15) is 0 Å². The SMILES string of the molecule is CCCOCCOc1cccc(-c2ccc3nc(-c4cccc(OC(=O)C5CCC(C=O)CC5)c4)c(-c4cccc(OCC5CCC(C=O)CC5)c4)nc3c2)c1. The fraction of sp³-hybridized carbons (Fsp3) is 0.383. The molecule has 290 valence electrons. The second-order valence-corrected chi connectivity index (χ2v) is 15.1. The average molecular weight is 755 g/mol. The number of nitrogens with zero attached hydrogens (tertiary/aromatic N) is 2. The Morgan fingerprint density at radius 2 is 1.18 bits per heavy atom. The van der Waals surface area contributed by atoms with Crippen molar-refractivity contribution in [1.82, 2.24) is 9.97 Å². The van der Waals surface area contributed by atoms with Gasteiger partial charge in [0.25, 0.3) is 0 Å². The molecule has 4 aromatic carbocycles. The van der Waals surface area contributed by atoms with Crippen LogP contribution in [0.3, 0.4) is 0 Å². The molecule has 9 nitrogen and oxygen atoms in total. The number of benzene rings is 4. The lowest BCUT2D eigenvalue weighted by Crippen LogP contribution is -2.26. The molecule has 2 fully saturated rings. The van der Waals surface area contributed by atoms with E-state index in [2.05, 4.69) is 13.0 Å². The monoisotopic (exact) mass is 754 g/mol. The first-order valence-electron chi connectivity index (χ1n) is 20.1. The van der Waals surface area contributed by atoms with Crippen LogP contribution in [0.25, 0.3) is 44.7 Å². The first-order valence-corrected chi connectivity index (χ1v) is 20.1. The minimum atomic E-state index is -0.271. The van der Waals surface area contributed by atoms with Crippen molar-refractivity contribution in [2.24, 2.45) is 23.7 Å². The largest absolute Gasteiger partial charge is 0.493 e. The molecule has 0 aliphatic heterocycles. The van der Waals surface area contributed by atoms with Gasteiger partial charge in [0.05, 0.1) is 41.6 Å². The van der Waals surface area contributed by atoms with E-state index in [1.165, 1.54) is 0 Å². The molecule has 1 heterocycles. The summed E-state index contributed by atoms with van der Waals surface area (Å²) in [5.41, 5.74) is 6.36. The lowest BCUT2D eigenvalue weighted by molar-refractivity contribution is -0.140. The molecule has 5 aromatic rings. The molecule has 56 heavy (non-hydrogen) atoms. The quantitative estimate of drug-likeness (QED) is 0.0420. The van der Waals surface area contributed by atoms with E-state index >= 15 is 0 Å². The molecule has 2 saturated carbocycles. The Morgan fingerprint density at radius 3 is 1.86 bits per heavy atom. The Bertz CT molecular complexity index is 2120. The second-order valence-electron chi connectivity index (χ2n) is 15.1. The minimum absolute atomic E-state index is 0.0236. The standard InChI is InChI=1S/C47H50N2O7/c1-2-22-53-23-24-54-40-9-3-6-36(25-40)37-20-21-43-44(28-37)49-46(38-7-4-10-41(26-38)55-31-34-14-12-32(29-50)13-15-34)45(48-43)39-8-5-11-42(27-39)56-47(52)35-18-16-33(30-51)17-19-35/h3-11,20-21,25-30,32-35H,2,12-19,22-24,31H2,1H3. The highest BCUT2D eigenvalue weighted by molar-refractivity contribution is 5.89. The highest BCUT2D eigenvalue weighted by atomic mass is 16.5. The molecule has 2 aliphatic rings. The maximum Gasteiger partial charge on any atom is 0.314 e. The molecule has 0 atom stereocenters. The van der Waals surface area contributed by atoms with Gasteiger partial charge in [-0.15, -0.1) is 0 Å². The Morgan fingerprint density at radius 1 is 0.607 bits per heavy atom. The van der Waals surface area contributed by atoms with Crippen LogP contribution in [0.2, 0.25) is 0 Å². The molecule has 2 aliphatic carbocycles. The number of hydrogen-bond donors (Lipinski definition) is 0. The van der Waals surface area contributed by atoms with Crippen molar-refractivity contribution in [3.63, 3.8) is 0 Å². The van der Waals surface area contributed by atoms with Gasteiger partial charge < -0.3 is 28.5 Å². The van der Waals surface area contributed by atoms with Gasteiger partial charge in [-0.1, -0.05) is 49.4 Å². The van der Waals surface area contributed by atoms with Gasteiger partial charge in [-0.3, -0.25) is 4.79 Å². The molecule has 0 amide bonds. The summed E-state index contributed by atoms with van der Waals surface area (Å²) in [7, 11) is 0. The number of rotatable bonds is 16. The zero-order valence-electron chi connectivity index (χ0n) is 32.1. The van der Waals surface area contributed by atoms with Gasteiger partial charge in [0.15, 0.2) is 0 Å². The van der Waals surface area contributed by atoms with E-state index in [0.29, 0.717) is 68.6 Å². The summed E-state index contributed by atoms with van der Waals surface area (Å²) in [5.74, 6) is 2.05. The summed E-state index contributed by atoms with van der Waals surface area (Å²) < 4.78 is 23.8. The predicted octanol–water partition coefficient (Wildman–Crippen LogP) is 9.73. The lowest BCUT2D eigenvalue weighted by atomic mass is 9.83. The van der Waals surface area contributed by atoms with E-state index in [4.69, 9.17) is 28.9 Å². The van der Waals surface area contributed by atoms with Crippen molar-refractivity contribution < 1.29 is 33.3 Å². The van der Waals surface area contributed by atoms with E-state index in [1.807, 2.05) is 78.9 Å². The van der Waals surface area contributed by atoms with Gasteiger partial charge in [-0.05, 0) is 123 Å². The van der Waals surface area contributed by atoms with Crippen molar-refractivity contribution in [1.29, 1.82) is 0 Å². The van der Waals surface area contributed by atoms with Crippen molar-refractivity contribution in [3.05, 3.63) is 91.0 Å². The van der Waals surface area contributed by atoms with Crippen LogP contribution in [-0.4, -0.2) is 54.9 Å². The summed E-state index contributed by atoms with van der Waals surface area (Å²) >= 11 is 0. The second kappa shape index (κ2) is 19.0. The van der Waals surface area contributed by atoms with Gasteiger partial charge in [0, 0.05) is 29.6 Å². The fourth-order valence-corrected chi connectivity index (χ4v) is 7.70. The molecular weight excluding hydrogens is 705 g/mol. The van der Waals surface area contributed by atoms with Crippen LogP contribution in [0.1, 0.15) is 64.7 Å². The molecule has 9 heteroatoms. The van der Waals surface area contributed by atoms with E-state index in [1.54, 1.807) is 6.07 Å². The normalized spacial score (nSPS) is 19.6. The number of fused-ring (bicyclic) bond motifs is 1. The van der Waals surface area contributed by atoms with E-state index in [0.717, 1.165) is 96.1 Å². The summed E-state index contributed by atoms with van der Waals surface area (Å²) in [6.45, 7) is 4.41. The van der Waals surface area contributed by atoms with Crippen LogP contribution in [0.5, 0.6) is 17.2 Å². The summed E-state index contributed by atoms with van der Waals surface area (Å²) in [4.78, 5) is 46.2.